The summed E-state index contributed by atoms with van der Waals surface area (Å²) in [7, 11) is -3.10. The minimum absolute atomic E-state index is 0.0312. The molecule has 0 spiro atoms. The second kappa shape index (κ2) is 4.65. The van der Waals surface area contributed by atoms with E-state index in [9.17, 15) is 13.2 Å². The molecule has 0 fully saturated rings. The minimum atomic E-state index is -3.10. The normalized spacial score (nSPS) is 25.5. The van der Waals surface area contributed by atoms with Gasteiger partial charge in [0.05, 0.1) is 16.6 Å². The van der Waals surface area contributed by atoms with E-state index in [1.165, 1.54) is 6.08 Å². The number of hydrogen-bond acceptors (Lipinski definition) is 3. The summed E-state index contributed by atoms with van der Waals surface area (Å²) in [5, 5.41) is 3.81. The number of carbonyl (C=O) groups excluding carboxylic acids is 1. The van der Waals surface area contributed by atoms with Gasteiger partial charge in [0.25, 0.3) is 0 Å². The van der Waals surface area contributed by atoms with Crippen LogP contribution in [0.15, 0.2) is 11.5 Å². The van der Waals surface area contributed by atoms with Gasteiger partial charge in [-0.3, -0.25) is 4.79 Å². The molecule has 6 heteroatoms. The van der Waals surface area contributed by atoms with E-state index in [1.54, 1.807) is 0 Å². The zero-order valence-corrected chi connectivity index (χ0v) is 11.0. The lowest BCUT2D eigenvalue weighted by molar-refractivity contribution is -0.121. The molecule has 1 heterocycles. The minimum Gasteiger partial charge on any atom is -0.348 e. The standard InChI is InChI=1S/C9H14BrNO3S/c1-6(2)8(10)9(12)11-7-3-4-15(13,14)5-7/h3-4,6-8H,5H2,1-2H3,(H,11,12). The second-order valence-electron chi connectivity index (χ2n) is 3.92. The van der Waals surface area contributed by atoms with E-state index < -0.39 is 9.84 Å². The topological polar surface area (TPSA) is 63.2 Å². The van der Waals surface area contributed by atoms with Gasteiger partial charge in [-0.1, -0.05) is 29.8 Å². The van der Waals surface area contributed by atoms with Crippen LogP contribution >= 0.6 is 15.9 Å². The fraction of sp³-hybridized carbons (Fsp3) is 0.667. The van der Waals surface area contributed by atoms with E-state index >= 15 is 0 Å². The first-order valence-electron chi connectivity index (χ1n) is 4.67. The van der Waals surface area contributed by atoms with Gasteiger partial charge in [0.2, 0.25) is 5.91 Å². The number of sulfone groups is 1. The van der Waals surface area contributed by atoms with E-state index in [4.69, 9.17) is 0 Å². The first kappa shape index (κ1) is 12.7. The molecule has 86 valence electrons. The highest BCUT2D eigenvalue weighted by Crippen LogP contribution is 2.14. The molecule has 0 aromatic rings. The third kappa shape index (κ3) is 3.61. The number of hydrogen-bond donors (Lipinski definition) is 1. The molecule has 0 aromatic heterocycles. The van der Waals surface area contributed by atoms with Crippen molar-refractivity contribution in [3.05, 3.63) is 11.5 Å². The Hall–Kier alpha value is -0.360. The quantitative estimate of drug-likeness (QED) is 0.785. The number of rotatable bonds is 3. The van der Waals surface area contributed by atoms with Gasteiger partial charge in [0.15, 0.2) is 9.84 Å². The summed E-state index contributed by atoms with van der Waals surface area (Å²) >= 11 is 3.26. The molecule has 1 rings (SSSR count). The molecule has 15 heavy (non-hydrogen) atoms. The van der Waals surface area contributed by atoms with Crippen LogP contribution < -0.4 is 5.32 Å². The van der Waals surface area contributed by atoms with E-state index in [0.717, 1.165) is 5.41 Å². The fourth-order valence-corrected chi connectivity index (χ4v) is 2.60. The van der Waals surface area contributed by atoms with Crippen LogP contribution in [0.4, 0.5) is 0 Å². The molecule has 0 radical (unpaired) electrons. The second-order valence-corrected chi connectivity index (χ2v) is 6.84. The highest BCUT2D eigenvalue weighted by atomic mass is 79.9. The summed E-state index contributed by atoms with van der Waals surface area (Å²) in [6.45, 7) is 3.83. The van der Waals surface area contributed by atoms with Crippen molar-refractivity contribution < 1.29 is 13.2 Å². The van der Waals surface area contributed by atoms with Crippen LogP contribution in [0.1, 0.15) is 13.8 Å². The zero-order valence-electron chi connectivity index (χ0n) is 8.60. The Balaban J connectivity index is 2.52. The summed E-state index contributed by atoms with van der Waals surface area (Å²) < 4.78 is 22.2. The molecule has 2 unspecified atom stereocenters. The van der Waals surface area contributed by atoms with E-state index in [-0.39, 0.29) is 28.4 Å². The highest BCUT2D eigenvalue weighted by molar-refractivity contribution is 9.10. The van der Waals surface area contributed by atoms with Crippen LogP contribution in [0.25, 0.3) is 0 Å². The Morgan fingerprint density at radius 2 is 2.13 bits per heavy atom. The van der Waals surface area contributed by atoms with Crippen molar-refractivity contribution in [1.82, 2.24) is 5.32 Å². The predicted octanol–water partition coefficient (Wildman–Crippen LogP) is 0.833. The summed E-state index contributed by atoms with van der Waals surface area (Å²) in [5.74, 6) is -0.0277. The van der Waals surface area contributed by atoms with Crippen LogP contribution in [0.5, 0.6) is 0 Å². The molecule has 2 atom stereocenters. The van der Waals surface area contributed by atoms with E-state index in [0.29, 0.717) is 0 Å². The molecule has 1 N–H and O–H groups in total. The Morgan fingerprint density at radius 3 is 2.53 bits per heavy atom. The molecule has 1 amide bonds. The summed E-state index contributed by atoms with van der Waals surface area (Å²) in [4.78, 5) is 11.3. The van der Waals surface area contributed by atoms with Crippen molar-refractivity contribution >= 4 is 31.7 Å². The maximum atomic E-state index is 11.6. The van der Waals surface area contributed by atoms with Gasteiger partial charge < -0.3 is 5.32 Å². The summed E-state index contributed by atoms with van der Waals surface area (Å²) in [6, 6.07) is -0.388. The number of carbonyl (C=O) groups is 1. The van der Waals surface area contributed by atoms with Crippen LogP contribution in [-0.2, 0) is 14.6 Å². The van der Waals surface area contributed by atoms with Crippen LogP contribution in [0, 0.1) is 5.92 Å². The maximum absolute atomic E-state index is 11.6. The number of halogens is 1. The smallest absolute Gasteiger partial charge is 0.234 e. The Bertz CT molecular complexity index is 375. The van der Waals surface area contributed by atoms with Crippen LogP contribution in [0.2, 0.25) is 0 Å². The third-order valence-electron chi connectivity index (χ3n) is 2.09. The van der Waals surface area contributed by atoms with Gasteiger partial charge in [-0.05, 0) is 12.0 Å². The van der Waals surface area contributed by atoms with Gasteiger partial charge in [-0.15, -0.1) is 0 Å². The largest absolute Gasteiger partial charge is 0.348 e. The third-order valence-corrected chi connectivity index (χ3v) is 4.96. The summed E-state index contributed by atoms with van der Waals surface area (Å²) in [5.41, 5.74) is 0. The van der Waals surface area contributed by atoms with Crippen molar-refractivity contribution in [1.29, 1.82) is 0 Å². The number of amides is 1. The molecule has 0 saturated heterocycles. The Labute approximate surface area is 98.2 Å². The van der Waals surface area contributed by atoms with Crippen molar-refractivity contribution in [3.8, 4) is 0 Å². The number of nitrogens with one attached hydrogen (secondary N) is 1. The molecular weight excluding hydrogens is 282 g/mol. The van der Waals surface area contributed by atoms with Gasteiger partial charge in [-0.25, -0.2) is 8.42 Å². The van der Waals surface area contributed by atoms with Crippen molar-refractivity contribution in [2.45, 2.75) is 24.7 Å². The lowest BCUT2D eigenvalue weighted by Gasteiger charge is -2.16. The lowest BCUT2D eigenvalue weighted by Crippen LogP contribution is -2.41. The Morgan fingerprint density at radius 1 is 1.53 bits per heavy atom. The monoisotopic (exact) mass is 295 g/mol. The average molecular weight is 296 g/mol. The van der Waals surface area contributed by atoms with Crippen molar-refractivity contribution in [2.75, 3.05) is 5.75 Å². The molecule has 0 aliphatic carbocycles. The fourth-order valence-electron chi connectivity index (χ4n) is 1.23. The first-order chi connectivity index (χ1) is 6.82. The van der Waals surface area contributed by atoms with Crippen LogP contribution in [-0.4, -0.2) is 30.9 Å². The van der Waals surface area contributed by atoms with E-state index in [1.807, 2.05) is 13.8 Å². The summed E-state index contributed by atoms with van der Waals surface area (Å²) in [6.07, 6.45) is 1.51. The molecule has 1 aliphatic rings. The van der Waals surface area contributed by atoms with Crippen molar-refractivity contribution in [3.63, 3.8) is 0 Å². The lowest BCUT2D eigenvalue weighted by atomic mass is 10.1. The van der Waals surface area contributed by atoms with Crippen LogP contribution in [0.3, 0.4) is 0 Å². The van der Waals surface area contributed by atoms with Gasteiger partial charge >= 0.3 is 0 Å². The zero-order chi connectivity index (χ0) is 11.6. The molecule has 0 bridgehead atoms. The molecule has 4 nitrogen and oxygen atoms in total. The SMILES string of the molecule is CC(C)C(Br)C(=O)NC1C=CS(=O)(=O)C1. The average Bonchev–Trinajstić information content (AvgIpc) is 2.43. The maximum Gasteiger partial charge on any atom is 0.234 e. The highest BCUT2D eigenvalue weighted by Gasteiger charge is 2.26. The number of alkyl halides is 1. The van der Waals surface area contributed by atoms with Gasteiger partial charge in [0.1, 0.15) is 0 Å². The Kier molecular flexibility index (Phi) is 3.94. The van der Waals surface area contributed by atoms with Crippen molar-refractivity contribution in [2.24, 2.45) is 5.92 Å². The molecule has 0 saturated carbocycles. The van der Waals surface area contributed by atoms with Gasteiger partial charge in [-0.2, -0.15) is 0 Å². The van der Waals surface area contributed by atoms with E-state index in [2.05, 4.69) is 21.2 Å². The van der Waals surface area contributed by atoms with Gasteiger partial charge in [0, 0.05) is 5.41 Å². The molecule has 0 aromatic carbocycles. The molecule has 1 aliphatic heterocycles. The molecular formula is C9H14BrNO3S. The predicted molar refractivity (Wildman–Crippen MR) is 62.4 cm³/mol. The first-order valence-corrected chi connectivity index (χ1v) is 7.30.